The second-order valence-electron chi connectivity index (χ2n) is 3.75. The van der Waals surface area contributed by atoms with Crippen LogP contribution in [0, 0.1) is 6.92 Å². The molecule has 0 unspecified atom stereocenters. The first kappa shape index (κ1) is 14.9. The van der Waals surface area contributed by atoms with E-state index < -0.39 is 0 Å². The highest BCUT2D eigenvalue weighted by atomic mass is 33.1. The molecule has 0 bridgehead atoms. The summed E-state index contributed by atoms with van der Waals surface area (Å²) >= 11 is 0. The van der Waals surface area contributed by atoms with Crippen LogP contribution >= 0.6 is 21.6 Å². The summed E-state index contributed by atoms with van der Waals surface area (Å²) in [6.45, 7) is 10.8. The van der Waals surface area contributed by atoms with Crippen molar-refractivity contribution in [2.24, 2.45) is 0 Å². The van der Waals surface area contributed by atoms with E-state index in [0.29, 0.717) is 5.25 Å². The van der Waals surface area contributed by atoms with Crippen LogP contribution in [-0.2, 0) is 0 Å². The van der Waals surface area contributed by atoms with Crippen LogP contribution in [0.1, 0.15) is 39.7 Å². The third kappa shape index (κ3) is 8.88. The molecule has 0 nitrogen and oxygen atoms in total. The fourth-order valence-corrected chi connectivity index (χ4v) is 2.54. The van der Waals surface area contributed by atoms with Gasteiger partial charge >= 0.3 is 0 Å². The summed E-state index contributed by atoms with van der Waals surface area (Å²) in [7, 11) is 3.76. The standard InChI is InChI=1S/C10H14S2.C3H8/c1-8(2)11-12-10-6-4-9(3)5-7-10;1-3-2/h4-8H,1-3H3;3H2,1-2H3. The first-order chi connectivity index (χ1) is 7.10. The Labute approximate surface area is 103 Å². The van der Waals surface area contributed by atoms with Gasteiger partial charge in [-0.3, -0.25) is 0 Å². The Balaban J connectivity index is 0.000000583. The third-order valence-electron chi connectivity index (χ3n) is 1.36. The van der Waals surface area contributed by atoms with Crippen molar-refractivity contribution in [3.63, 3.8) is 0 Å². The minimum absolute atomic E-state index is 0.691. The summed E-state index contributed by atoms with van der Waals surface area (Å²) in [5.74, 6) is 0. The largest absolute Gasteiger partial charge is 0.0861 e. The summed E-state index contributed by atoms with van der Waals surface area (Å²) in [4.78, 5) is 1.35. The third-order valence-corrected chi connectivity index (χ3v) is 4.32. The van der Waals surface area contributed by atoms with Gasteiger partial charge < -0.3 is 0 Å². The summed E-state index contributed by atoms with van der Waals surface area (Å²) < 4.78 is 0. The Kier molecular flexibility index (Phi) is 9.12. The molecule has 0 aromatic heterocycles. The Morgan fingerprint density at radius 1 is 1.07 bits per heavy atom. The van der Waals surface area contributed by atoms with Gasteiger partial charge in [0.1, 0.15) is 0 Å². The van der Waals surface area contributed by atoms with Crippen LogP contribution < -0.4 is 0 Å². The summed E-state index contributed by atoms with van der Waals surface area (Å²) in [6.07, 6.45) is 1.25. The molecule has 1 aromatic carbocycles. The molecule has 0 saturated carbocycles. The average molecular weight is 242 g/mol. The van der Waals surface area contributed by atoms with Crippen LogP contribution in [0.4, 0.5) is 0 Å². The number of benzene rings is 1. The van der Waals surface area contributed by atoms with Gasteiger partial charge in [0, 0.05) is 10.1 Å². The van der Waals surface area contributed by atoms with E-state index in [4.69, 9.17) is 0 Å². The Morgan fingerprint density at radius 3 is 1.93 bits per heavy atom. The predicted octanol–water partition coefficient (Wildman–Crippen LogP) is 5.56. The fourth-order valence-electron chi connectivity index (χ4n) is 0.746. The predicted molar refractivity (Wildman–Crippen MR) is 75.7 cm³/mol. The zero-order valence-corrected chi connectivity index (χ0v) is 12.0. The van der Waals surface area contributed by atoms with Crippen molar-refractivity contribution in [1.29, 1.82) is 0 Å². The van der Waals surface area contributed by atoms with Gasteiger partial charge in [0.05, 0.1) is 0 Å². The van der Waals surface area contributed by atoms with Crippen molar-refractivity contribution in [2.45, 2.75) is 51.2 Å². The van der Waals surface area contributed by atoms with E-state index >= 15 is 0 Å². The van der Waals surface area contributed by atoms with Gasteiger partial charge in [0.15, 0.2) is 0 Å². The lowest BCUT2D eigenvalue weighted by Gasteiger charge is -2.03. The van der Waals surface area contributed by atoms with Crippen molar-refractivity contribution in [1.82, 2.24) is 0 Å². The molecule has 1 aromatic rings. The smallest absolute Gasteiger partial charge is 0.0183 e. The van der Waals surface area contributed by atoms with Gasteiger partial charge in [0.25, 0.3) is 0 Å². The second kappa shape index (κ2) is 9.17. The van der Waals surface area contributed by atoms with Crippen molar-refractivity contribution in [3.05, 3.63) is 29.8 Å². The quantitative estimate of drug-likeness (QED) is 0.636. The van der Waals surface area contributed by atoms with E-state index in [-0.39, 0.29) is 0 Å². The first-order valence-corrected chi connectivity index (χ1v) is 7.71. The average Bonchev–Trinajstić information content (AvgIpc) is 2.18. The molecule has 0 heterocycles. The number of hydrogen-bond donors (Lipinski definition) is 0. The molecule has 0 atom stereocenters. The monoisotopic (exact) mass is 242 g/mol. The molecule has 0 radical (unpaired) electrons. The van der Waals surface area contributed by atoms with Crippen molar-refractivity contribution in [2.75, 3.05) is 0 Å². The van der Waals surface area contributed by atoms with Gasteiger partial charge in [-0.15, -0.1) is 0 Å². The van der Waals surface area contributed by atoms with Gasteiger partial charge in [-0.1, -0.05) is 73.4 Å². The van der Waals surface area contributed by atoms with E-state index in [9.17, 15) is 0 Å². The molecule has 0 spiro atoms. The molecular weight excluding hydrogens is 220 g/mol. The summed E-state index contributed by atoms with van der Waals surface area (Å²) in [5, 5.41) is 0.691. The number of hydrogen-bond acceptors (Lipinski definition) is 2. The van der Waals surface area contributed by atoms with Crippen LogP contribution in [0.25, 0.3) is 0 Å². The lowest BCUT2D eigenvalue weighted by Crippen LogP contribution is -1.80. The number of aryl methyl sites for hydroxylation is 1. The highest BCUT2D eigenvalue weighted by molar-refractivity contribution is 8.76. The molecule has 2 heteroatoms. The molecule has 0 aliphatic heterocycles. The van der Waals surface area contributed by atoms with Gasteiger partial charge in [-0.2, -0.15) is 0 Å². The van der Waals surface area contributed by atoms with E-state index in [1.165, 1.54) is 16.9 Å². The zero-order chi connectivity index (χ0) is 11.7. The molecule has 1 rings (SSSR count). The molecule has 0 saturated heterocycles. The normalized spacial score (nSPS) is 9.73. The zero-order valence-electron chi connectivity index (χ0n) is 10.4. The van der Waals surface area contributed by atoms with Crippen LogP contribution in [0.2, 0.25) is 0 Å². The van der Waals surface area contributed by atoms with E-state index in [0.717, 1.165) is 0 Å². The minimum atomic E-state index is 0.691. The van der Waals surface area contributed by atoms with Gasteiger partial charge in [-0.05, 0) is 19.1 Å². The Bertz CT molecular complexity index is 239. The molecule has 0 amide bonds. The molecule has 0 fully saturated rings. The second-order valence-corrected chi connectivity index (χ2v) is 6.60. The molecular formula is C13H22S2. The van der Waals surface area contributed by atoms with Gasteiger partial charge in [-0.25, -0.2) is 0 Å². The summed E-state index contributed by atoms with van der Waals surface area (Å²) in [5.41, 5.74) is 1.33. The Morgan fingerprint density at radius 2 is 1.53 bits per heavy atom. The lowest BCUT2D eigenvalue weighted by molar-refractivity contribution is 1.09. The SMILES string of the molecule is CCC.Cc1ccc(SSC(C)C)cc1. The lowest BCUT2D eigenvalue weighted by atomic mass is 10.2. The topological polar surface area (TPSA) is 0 Å². The highest BCUT2D eigenvalue weighted by Gasteiger charge is 1.96. The van der Waals surface area contributed by atoms with E-state index in [1.807, 2.05) is 21.6 Å². The van der Waals surface area contributed by atoms with Crippen molar-refractivity contribution in [3.8, 4) is 0 Å². The van der Waals surface area contributed by atoms with Crippen LogP contribution in [0.15, 0.2) is 29.2 Å². The summed E-state index contributed by atoms with van der Waals surface area (Å²) in [6, 6.07) is 8.66. The van der Waals surface area contributed by atoms with Crippen molar-refractivity contribution < 1.29 is 0 Å². The molecule has 0 aliphatic rings. The molecule has 0 N–H and O–H groups in total. The van der Waals surface area contributed by atoms with Gasteiger partial charge in [0.2, 0.25) is 0 Å². The van der Waals surface area contributed by atoms with Crippen LogP contribution in [0.3, 0.4) is 0 Å². The van der Waals surface area contributed by atoms with Crippen molar-refractivity contribution >= 4 is 21.6 Å². The number of rotatable bonds is 3. The molecule has 0 aliphatic carbocycles. The molecule has 86 valence electrons. The van der Waals surface area contributed by atoms with E-state index in [1.54, 1.807) is 0 Å². The Hall–Kier alpha value is -0.0800. The molecule has 15 heavy (non-hydrogen) atoms. The fraction of sp³-hybridized carbons (Fsp3) is 0.538. The maximum absolute atomic E-state index is 2.21. The first-order valence-electron chi connectivity index (χ1n) is 5.50. The minimum Gasteiger partial charge on any atom is -0.0861 e. The van der Waals surface area contributed by atoms with Crippen LogP contribution in [0.5, 0.6) is 0 Å². The maximum Gasteiger partial charge on any atom is 0.0183 e. The van der Waals surface area contributed by atoms with Crippen LogP contribution in [-0.4, -0.2) is 5.25 Å². The highest BCUT2D eigenvalue weighted by Crippen LogP contribution is 2.33. The van der Waals surface area contributed by atoms with E-state index in [2.05, 4.69) is 58.9 Å². The maximum atomic E-state index is 2.21.